The Kier molecular flexibility index (Phi) is 8.43. The van der Waals surface area contributed by atoms with Crippen LogP contribution in [0.1, 0.15) is 69.9 Å². The van der Waals surface area contributed by atoms with Crippen molar-refractivity contribution in [3.05, 3.63) is 59.7 Å². The molecule has 1 aliphatic rings. The van der Waals surface area contributed by atoms with Crippen LogP contribution in [0.2, 0.25) is 0 Å². The Morgan fingerprint density at radius 2 is 1.45 bits per heavy atom. The predicted molar refractivity (Wildman–Crippen MR) is 128 cm³/mol. The zero-order valence-corrected chi connectivity index (χ0v) is 19.8. The molecule has 0 bridgehead atoms. The molecule has 0 aromatic heterocycles. The molecule has 5 nitrogen and oxygen atoms in total. The van der Waals surface area contributed by atoms with Gasteiger partial charge in [-0.15, -0.1) is 0 Å². The smallest absolute Gasteiger partial charge is 0.306 e. The topological polar surface area (TPSA) is 80.7 Å². The highest BCUT2D eigenvalue weighted by molar-refractivity contribution is 5.82. The number of rotatable bonds is 12. The summed E-state index contributed by atoms with van der Waals surface area (Å²) in [5, 5.41) is 8.99. The summed E-state index contributed by atoms with van der Waals surface area (Å²) in [7, 11) is 0. The van der Waals surface area contributed by atoms with Crippen LogP contribution in [0.5, 0.6) is 0 Å². The number of benzene rings is 2. The second-order valence-corrected chi connectivity index (χ2v) is 9.40. The molecule has 3 rings (SSSR count). The molecule has 0 spiro atoms. The SMILES string of the molecule is CC(CCCC(=O)C(CCC(=O)OCC1c2ccccc2-c2ccccc21)C(C)C)C(=O)O. The Balaban J connectivity index is 1.52. The number of aliphatic carboxylic acids is 1. The molecule has 2 aromatic rings. The number of hydrogen-bond donors (Lipinski definition) is 1. The van der Waals surface area contributed by atoms with Crippen molar-refractivity contribution in [1.29, 1.82) is 0 Å². The van der Waals surface area contributed by atoms with Crippen molar-refractivity contribution in [2.24, 2.45) is 17.8 Å². The Hall–Kier alpha value is -2.95. The highest BCUT2D eigenvalue weighted by atomic mass is 16.5. The van der Waals surface area contributed by atoms with Crippen molar-refractivity contribution >= 4 is 17.7 Å². The van der Waals surface area contributed by atoms with Gasteiger partial charge >= 0.3 is 11.9 Å². The normalized spacial score (nSPS) is 14.4. The van der Waals surface area contributed by atoms with Crippen molar-refractivity contribution in [1.82, 2.24) is 0 Å². The van der Waals surface area contributed by atoms with Crippen LogP contribution in [0.4, 0.5) is 0 Å². The molecule has 1 aliphatic carbocycles. The minimum atomic E-state index is -0.835. The second kappa shape index (κ2) is 11.3. The maximum Gasteiger partial charge on any atom is 0.306 e. The molecule has 2 aromatic carbocycles. The monoisotopic (exact) mass is 450 g/mol. The van der Waals surface area contributed by atoms with Gasteiger partial charge in [-0.3, -0.25) is 14.4 Å². The van der Waals surface area contributed by atoms with Crippen LogP contribution >= 0.6 is 0 Å². The molecule has 0 saturated heterocycles. The lowest BCUT2D eigenvalue weighted by Crippen LogP contribution is -2.22. The first-order valence-electron chi connectivity index (χ1n) is 11.9. The summed E-state index contributed by atoms with van der Waals surface area (Å²) >= 11 is 0. The molecule has 2 atom stereocenters. The molecule has 176 valence electrons. The van der Waals surface area contributed by atoms with Gasteiger partial charge in [-0.1, -0.05) is 69.3 Å². The van der Waals surface area contributed by atoms with Gasteiger partial charge in [0.05, 0.1) is 5.92 Å². The van der Waals surface area contributed by atoms with Crippen LogP contribution in [0.3, 0.4) is 0 Å². The lowest BCUT2D eigenvalue weighted by Gasteiger charge is -2.20. The minimum Gasteiger partial charge on any atom is -0.481 e. The summed E-state index contributed by atoms with van der Waals surface area (Å²) in [4.78, 5) is 36.2. The third-order valence-electron chi connectivity index (χ3n) is 6.73. The van der Waals surface area contributed by atoms with Crippen molar-refractivity contribution in [3.63, 3.8) is 0 Å². The van der Waals surface area contributed by atoms with Gasteiger partial charge in [0.15, 0.2) is 0 Å². The number of carboxylic acid groups (broad SMARTS) is 1. The summed E-state index contributed by atoms with van der Waals surface area (Å²) in [5.74, 6) is -1.53. The molecule has 0 radical (unpaired) electrons. The first kappa shape index (κ1) is 24.7. The van der Waals surface area contributed by atoms with E-state index in [2.05, 4.69) is 24.3 Å². The lowest BCUT2D eigenvalue weighted by molar-refractivity contribution is -0.145. The maximum absolute atomic E-state index is 12.7. The Morgan fingerprint density at radius 1 is 0.879 bits per heavy atom. The van der Waals surface area contributed by atoms with E-state index >= 15 is 0 Å². The quantitative estimate of drug-likeness (QED) is 0.410. The summed E-state index contributed by atoms with van der Waals surface area (Å²) in [5.41, 5.74) is 4.74. The van der Waals surface area contributed by atoms with E-state index in [0.717, 1.165) is 0 Å². The number of Topliss-reactive ketones (excluding diaryl/α,β-unsaturated/α-hetero) is 1. The largest absolute Gasteiger partial charge is 0.481 e. The third-order valence-corrected chi connectivity index (χ3v) is 6.73. The highest BCUT2D eigenvalue weighted by Crippen LogP contribution is 2.44. The van der Waals surface area contributed by atoms with Crippen LogP contribution in [0.15, 0.2) is 48.5 Å². The van der Waals surface area contributed by atoms with E-state index in [1.807, 2.05) is 38.1 Å². The Morgan fingerprint density at radius 3 is 2.00 bits per heavy atom. The van der Waals surface area contributed by atoms with E-state index in [9.17, 15) is 14.4 Å². The number of esters is 1. The molecule has 0 heterocycles. The van der Waals surface area contributed by atoms with Gasteiger partial charge in [0.1, 0.15) is 12.4 Å². The number of ether oxygens (including phenoxy) is 1. The van der Waals surface area contributed by atoms with E-state index in [0.29, 0.717) is 32.3 Å². The second-order valence-electron chi connectivity index (χ2n) is 9.40. The van der Waals surface area contributed by atoms with Gasteiger partial charge in [0.25, 0.3) is 0 Å². The van der Waals surface area contributed by atoms with Crippen molar-refractivity contribution in [3.8, 4) is 11.1 Å². The van der Waals surface area contributed by atoms with Crippen LogP contribution < -0.4 is 0 Å². The van der Waals surface area contributed by atoms with Gasteiger partial charge in [-0.25, -0.2) is 0 Å². The average Bonchev–Trinajstić information content (AvgIpc) is 3.11. The van der Waals surface area contributed by atoms with E-state index in [1.165, 1.54) is 22.3 Å². The zero-order valence-electron chi connectivity index (χ0n) is 19.8. The first-order chi connectivity index (χ1) is 15.8. The fourth-order valence-electron chi connectivity index (χ4n) is 4.72. The number of carbonyl (C=O) groups is 3. The first-order valence-corrected chi connectivity index (χ1v) is 11.9. The average molecular weight is 451 g/mol. The number of carbonyl (C=O) groups excluding carboxylic acids is 2. The van der Waals surface area contributed by atoms with E-state index in [4.69, 9.17) is 9.84 Å². The van der Waals surface area contributed by atoms with Crippen LogP contribution in [-0.2, 0) is 19.1 Å². The number of ketones is 1. The van der Waals surface area contributed by atoms with Crippen molar-refractivity contribution in [2.75, 3.05) is 6.61 Å². The van der Waals surface area contributed by atoms with E-state index < -0.39 is 11.9 Å². The van der Waals surface area contributed by atoms with E-state index in [1.54, 1.807) is 6.92 Å². The summed E-state index contributed by atoms with van der Waals surface area (Å²) in [6, 6.07) is 16.5. The molecule has 5 heteroatoms. The fraction of sp³-hybridized carbons (Fsp3) is 0.464. The summed E-state index contributed by atoms with van der Waals surface area (Å²) in [6.07, 6.45) is 2.06. The number of hydrogen-bond acceptors (Lipinski definition) is 4. The molecule has 2 unspecified atom stereocenters. The molecule has 0 aliphatic heterocycles. The molecule has 0 amide bonds. The van der Waals surface area contributed by atoms with Gasteiger partial charge in [-0.05, 0) is 47.4 Å². The third kappa shape index (κ3) is 6.10. The van der Waals surface area contributed by atoms with Gasteiger partial charge in [0, 0.05) is 24.7 Å². The molecule has 0 saturated carbocycles. The standard InChI is InChI=1S/C28H34O5/c1-18(2)20(26(29)14-8-9-19(3)28(31)32)15-16-27(30)33-17-25-23-12-6-4-10-21(23)22-11-5-7-13-24(22)25/h4-7,10-13,18-20,25H,8-9,14-17H2,1-3H3,(H,31,32). The highest BCUT2D eigenvalue weighted by Gasteiger charge is 2.29. The van der Waals surface area contributed by atoms with Gasteiger partial charge in [0.2, 0.25) is 0 Å². The molecule has 0 fully saturated rings. The molecular weight excluding hydrogens is 416 g/mol. The number of carboxylic acids is 1. The molecular formula is C28H34O5. The van der Waals surface area contributed by atoms with Crippen molar-refractivity contribution in [2.45, 2.75) is 58.8 Å². The van der Waals surface area contributed by atoms with Gasteiger partial charge < -0.3 is 9.84 Å². The van der Waals surface area contributed by atoms with E-state index in [-0.39, 0.29) is 35.9 Å². The molecule has 33 heavy (non-hydrogen) atoms. The van der Waals surface area contributed by atoms with Crippen LogP contribution in [0, 0.1) is 17.8 Å². The number of fused-ring (bicyclic) bond motifs is 3. The lowest BCUT2D eigenvalue weighted by atomic mass is 9.85. The fourth-order valence-corrected chi connectivity index (χ4v) is 4.72. The predicted octanol–water partition coefficient (Wildman–Crippen LogP) is 5.85. The Bertz CT molecular complexity index is 948. The summed E-state index contributed by atoms with van der Waals surface area (Å²) < 4.78 is 5.67. The Labute approximate surface area is 196 Å². The zero-order chi connectivity index (χ0) is 24.0. The van der Waals surface area contributed by atoms with Gasteiger partial charge in [-0.2, -0.15) is 0 Å². The van der Waals surface area contributed by atoms with Crippen LogP contribution in [0.25, 0.3) is 11.1 Å². The maximum atomic E-state index is 12.7. The van der Waals surface area contributed by atoms with Crippen LogP contribution in [-0.4, -0.2) is 29.4 Å². The molecule has 1 N–H and O–H groups in total. The minimum absolute atomic E-state index is 0.0279. The van der Waals surface area contributed by atoms with Crippen molar-refractivity contribution < 1.29 is 24.2 Å². The summed E-state index contributed by atoms with van der Waals surface area (Å²) in [6.45, 7) is 5.92.